The van der Waals surface area contributed by atoms with Crippen LogP contribution in [0.5, 0.6) is 0 Å². The number of nitrogens with zero attached hydrogens (tertiary/aromatic N) is 1. The lowest BCUT2D eigenvalue weighted by Crippen LogP contribution is -2.51. The third kappa shape index (κ3) is 1.93. The number of halogens is 2. The summed E-state index contributed by atoms with van der Waals surface area (Å²) in [5.41, 5.74) is 1.18. The molecule has 3 fully saturated rings. The fraction of sp³-hybridized carbons (Fsp3) is 0.500. The lowest BCUT2D eigenvalue weighted by molar-refractivity contribution is 0.0971. The summed E-state index contributed by atoms with van der Waals surface area (Å²) in [5.74, 6) is 0.400. The van der Waals surface area contributed by atoms with Gasteiger partial charge >= 0.3 is 6.09 Å². The molecule has 2 unspecified atom stereocenters. The van der Waals surface area contributed by atoms with Gasteiger partial charge in [-0.25, -0.2) is 4.79 Å². The highest BCUT2D eigenvalue weighted by molar-refractivity contribution is 9.10. The van der Waals surface area contributed by atoms with E-state index in [4.69, 9.17) is 4.74 Å². The highest BCUT2D eigenvalue weighted by Gasteiger charge is 2.65. The molecule has 19 heavy (non-hydrogen) atoms. The average molecular weight is 389 g/mol. The second-order valence-corrected chi connectivity index (χ2v) is 7.03. The van der Waals surface area contributed by atoms with E-state index in [0.717, 1.165) is 0 Å². The summed E-state index contributed by atoms with van der Waals surface area (Å²) in [6, 6.07) is 10.5. The fourth-order valence-corrected chi connectivity index (χ4v) is 6.38. The summed E-state index contributed by atoms with van der Waals surface area (Å²) in [7, 11) is 0. The summed E-state index contributed by atoms with van der Waals surface area (Å²) in [5, 5.41) is 0. The second-order valence-electron chi connectivity index (χ2n) is 4.92. The number of rotatable bonds is 2. The summed E-state index contributed by atoms with van der Waals surface area (Å²) in [6.07, 6.45) is -0.213. The van der Waals surface area contributed by atoms with Crippen LogP contribution < -0.4 is 0 Å². The lowest BCUT2D eigenvalue weighted by atomic mass is 9.80. The van der Waals surface area contributed by atoms with Crippen molar-refractivity contribution < 1.29 is 9.53 Å². The molecule has 2 saturated heterocycles. The number of carbonyl (C=O) groups is 1. The Morgan fingerprint density at radius 2 is 1.89 bits per heavy atom. The van der Waals surface area contributed by atoms with Crippen LogP contribution in [-0.2, 0) is 4.74 Å². The van der Waals surface area contributed by atoms with E-state index in [1.807, 2.05) is 30.0 Å². The molecule has 0 N–H and O–H groups in total. The smallest absolute Gasteiger partial charge is 0.410 e. The maximum Gasteiger partial charge on any atom is 0.410 e. The molecular formula is C14H15Br2NO2. The fourth-order valence-electron chi connectivity index (χ4n) is 3.15. The van der Waals surface area contributed by atoms with Crippen molar-refractivity contribution in [1.29, 1.82) is 0 Å². The molecule has 1 aliphatic carbocycles. The summed E-state index contributed by atoms with van der Waals surface area (Å²) in [4.78, 5) is 14.8. The van der Waals surface area contributed by atoms with Crippen molar-refractivity contribution in [3.63, 3.8) is 0 Å². The SMILES string of the molecule is CCOC(=O)N1C2[C@H](Br)C([C@@H]2Br)[C@@H]1c1ccccc1. The summed E-state index contributed by atoms with van der Waals surface area (Å²) in [6.45, 7) is 2.25. The molecule has 1 aromatic carbocycles. The molecule has 0 aromatic heterocycles. The zero-order chi connectivity index (χ0) is 13.6. The van der Waals surface area contributed by atoms with Gasteiger partial charge in [0.2, 0.25) is 0 Å². The zero-order valence-electron chi connectivity index (χ0n) is 10.5. The number of alkyl halides is 2. The van der Waals surface area contributed by atoms with Crippen LogP contribution in [0.3, 0.4) is 0 Å². The van der Waals surface area contributed by atoms with Crippen molar-refractivity contribution in [1.82, 2.24) is 4.90 Å². The van der Waals surface area contributed by atoms with Crippen LogP contribution in [0.1, 0.15) is 18.5 Å². The van der Waals surface area contributed by atoms with Gasteiger partial charge in [0.1, 0.15) is 0 Å². The number of fused-ring (bicyclic) bond motifs is 1. The first-order valence-corrected chi connectivity index (χ1v) is 8.28. The van der Waals surface area contributed by atoms with E-state index in [-0.39, 0.29) is 18.2 Å². The Morgan fingerprint density at radius 1 is 1.26 bits per heavy atom. The normalized spacial score (nSPS) is 35.9. The molecule has 1 amide bonds. The van der Waals surface area contributed by atoms with E-state index in [9.17, 15) is 4.79 Å². The molecule has 1 saturated carbocycles. The predicted octanol–water partition coefficient (Wildman–Crippen LogP) is 3.73. The Hall–Kier alpha value is -0.550. The first-order valence-electron chi connectivity index (χ1n) is 6.45. The molecule has 3 aliphatic rings. The van der Waals surface area contributed by atoms with Crippen LogP contribution in [0.2, 0.25) is 0 Å². The van der Waals surface area contributed by atoms with Crippen molar-refractivity contribution >= 4 is 38.0 Å². The van der Waals surface area contributed by atoms with E-state index in [0.29, 0.717) is 22.2 Å². The van der Waals surface area contributed by atoms with Gasteiger partial charge in [0.25, 0.3) is 0 Å². The van der Waals surface area contributed by atoms with Gasteiger partial charge in [-0.3, -0.25) is 4.90 Å². The van der Waals surface area contributed by atoms with Gasteiger partial charge in [0, 0.05) is 15.6 Å². The van der Waals surface area contributed by atoms with E-state index >= 15 is 0 Å². The van der Waals surface area contributed by atoms with Crippen molar-refractivity contribution in [2.45, 2.75) is 28.7 Å². The number of benzene rings is 1. The molecule has 5 heteroatoms. The number of hydrogen-bond donors (Lipinski definition) is 0. The Kier molecular flexibility index (Phi) is 3.60. The highest BCUT2D eigenvalue weighted by atomic mass is 79.9. The third-order valence-corrected chi connectivity index (χ3v) is 6.30. The predicted molar refractivity (Wildman–Crippen MR) is 80.8 cm³/mol. The third-order valence-electron chi connectivity index (χ3n) is 3.99. The van der Waals surface area contributed by atoms with Gasteiger partial charge in [-0.1, -0.05) is 62.2 Å². The molecule has 1 aromatic rings. The quantitative estimate of drug-likeness (QED) is 0.722. The number of hydrogen-bond acceptors (Lipinski definition) is 2. The van der Waals surface area contributed by atoms with Crippen LogP contribution in [0.4, 0.5) is 4.79 Å². The van der Waals surface area contributed by atoms with Gasteiger partial charge in [0.15, 0.2) is 0 Å². The first-order chi connectivity index (χ1) is 9.16. The van der Waals surface area contributed by atoms with E-state index in [1.54, 1.807) is 0 Å². The topological polar surface area (TPSA) is 29.5 Å². The minimum Gasteiger partial charge on any atom is -0.450 e. The molecule has 0 spiro atoms. The molecular weight excluding hydrogens is 374 g/mol. The van der Waals surface area contributed by atoms with Gasteiger partial charge in [-0.2, -0.15) is 0 Å². The van der Waals surface area contributed by atoms with E-state index in [1.165, 1.54) is 5.56 Å². The van der Waals surface area contributed by atoms with Crippen LogP contribution in [0.25, 0.3) is 0 Å². The van der Waals surface area contributed by atoms with Gasteiger partial charge in [-0.15, -0.1) is 0 Å². The number of ether oxygens (including phenoxy) is 1. The Bertz CT molecular complexity index is 472. The molecule has 3 nitrogen and oxygen atoms in total. The largest absolute Gasteiger partial charge is 0.450 e. The van der Waals surface area contributed by atoms with Crippen molar-refractivity contribution in [3.8, 4) is 0 Å². The van der Waals surface area contributed by atoms with Crippen molar-refractivity contribution in [2.24, 2.45) is 5.92 Å². The van der Waals surface area contributed by atoms with Crippen molar-refractivity contribution in [3.05, 3.63) is 35.9 Å². The first kappa shape index (κ1) is 13.4. The lowest BCUT2D eigenvalue weighted by Gasteiger charge is -2.37. The maximum absolute atomic E-state index is 12.2. The molecule has 4 rings (SSSR count). The monoisotopic (exact) mass is 387 g/mol. The van der Waals surface area contributed by atoms with Gasteiger partial charge in [-0.05, 0) is 12.5 Å². The van der Waals surface area contributed by atoms with E-state index in [2.05, 4.69) is 44.0 Å². The molecule has 0 radical (unpaired) electrons. The zero-order valence-corrected chi connectivity index (χ0v) is 13.7. The maximum atomic E-state index is 12.2. The standard InChI is InChI=1S/C14H15Br2NO2/c1-2-19-14(18)17-12(8-6-4-3-5-7-8)9-10(15)13(17)11(9)16/h3-7,9-13H,2H2,1H3/t9?,10-,11+,12-,13?/m0/s1. The minimum atomic E-state index is -0.213. The van der Waals surface area contributed by atoms with Gasteiger partial charge < -0.3 is 4.74 Å². The average Bonchev–Trinajstić information content (AvgIpc) is 2.91. The van der Waals surface area contributed by atoms with Crippen molar-refractivity contribution in [2.75, 3.05) is 6.61 Å². The summed E-state index contributed by atoms with van der Waals surface area (Å²) < 4.78 is 5.22. The molecule has 2 bridgehead atoms. The van der Waals surface area contributed by atoms with Crippen LogP contribution >= 0.6 is 31.9 Å². The molecule has 102 valence electrons. The molecule has 2 aliphatic heterocycles. The Morgan fingerprint density at radius 3 is 2.47 bits per heavy atom. The molecule has 5 atom stereocenters. The highest BCUT2D eigenvalue weighted by Crippen LogP contribution is 2.59. The van der Waals surface area contributed by atoms with E-state index < -0.39 is 0 Å². The summed E-state index contributed by atoms with van der Waals surface area (Å²) >= 11 is 7.42. The number of carbonyl (C=O) groups excluding carboxylic acids is 1. The van der Waals surface area contributed by atoms with Crippen LogP contribution in [-0.4, -0.2) is 33.3 Å². The van der Waals surface area contributed by atoms with Crippen LogP contribution in [0.15, 0.2) is 30.3 Å². The number of amides is 1. The second kappa shape index (κ2) is 5.09. The molecule has 2 heterocycles. The van der Waals surface area contributed by atoms with Crippen LogP contribution in [0, 0.1) is 5.92 Å². The Labute approximate surface area is 129 Å². The Balaban J connectivity index is 1.94. The van der Waals surface area contributed by atoms with Gasteiger partial charge in [0.05, 0.1) is 18.7 Å². The minimum absolute atomic E-state index is 0.0963.